The van der Waals surface area contributed by atoms with Crippen LogP contribution in [0.3, 0.4) is 0 Å². The first-order valence-electron chi connectivity index (χ1n) is 7.74. The molecule has 0 fully saturated rings. The van der Waals surface area contributed by atoms with Crippen molar-refractivity contribution in [2.45, 2.75) is 0 Å². The first kappa shape index (κ1) is 19.0. The van der Waals surface area contributed by atoms with Crippen LogP contribution in [0.15, 0.2) is 35.3 Å². The molecule has 1 N–H and O–H groups in total. The van der Waals surface area contributed by atoms with Crippen molar-refractivity contribution < 1.29 is 19.1 Å². The molecule has 0 aliphatic carbocycles. The molecule has 8 nitrogen and oxygen atoms in total. The van der Waals surface area contributed by atoms with Gasteiger partial charge in [0.15, 0.2) is 11.5 Å². The van der Waals surface area contributed by atoms with Crippen LogP contribution in [0.5, 0.6) is 11.5 Å². The normalized spacial score (nSPS) is 10.2. The van der Waals surface area contributed by atoms with Gasteiger partial charge in [-0.15, -0.1) is 0 Å². The highest BCUT2D eigenvalue weighted by Crippen LogP contribution is 2.31. The first-order chi connectivity index (χ1) is 12.3. The van der Waals surface area contributed by atoms with E-state index in [9.17, 15) is 14.4 Å². The molecule has 0 spiro atoms. The van der Waals surface area contributed by atoms with Gasteiger partial charge in [-0.25, -0.2) is 0 Å². The van der Waals surface area contributed by atoms with Crippen LogP contribution in [-0.4, -0.2) is 49.6 Å². The van der Waals surface area contributed by atoms with Gasteiger partial charge in [-0.3, -0.25) is 14.4 Å². The highest BCUT2D eigenvalue weighted by Gasteiger charge is 2.19. The van der Waals surface area contributed by atoms with Crippen molar-refractivity contribution >= 4 is 17.5 Å². The number of aryl methyl sites for hydroxylation is 1. The number of hydrogen-bond donors (Lipinski definition) is 1. The molecule has 0 saturated heterocycles. The number of ether oxygens (including phenoxy) is 2. The standard InChI is InChI=1S/C18H21N3O5/c1-20(2)17(23)11-9-13(18(24)21(3)10-11)19-16(22)12-7-6-8-14(25-4)15(12)26-5/h6-10H,1-5H3,(H,19,22). The fourth-order valence-electron chi connectivity index (χ4n) is 2.43. The summed E-state index contributed by atoms with van der Waals surface area (Å²) < 4.78 is 11.7. The molecule has 138 valence electrons. The fraction of sp³-hybridized carbons (Fsp3) is 0.278. The number of rotatable bonds is 5. The quantitative estimate of drug-likeness (QED) is 0.870. The maximum atomic E-state index is 12.7. The number of hydrogen-bond acceptors (Lipinski definition) is 5. The zero-order valence-electron chi connectivity index (χ0n) is 15.3. The van der Waals surface area contributed by atoms with E-state index < -0.39 is 11.5 Å². The Balaban J connectivity index is 2.44. The van der Waals surface area contributed by atoms with Gasteiger partial charge in [-0.1, -0.05) is 6.07 Å². The first-order valence-corrected chi connectivity index (χ1v) is 7.74. The van der Waals surface area contributed by atoms with Gasteiger partial charge in [0, 0.05) is 27.3 Å². The Hall–Kier alpha value is -3.29. The summed E-state index contributed by atoms with van der Waals surface area (Å²) in [7, 11) is 7.60. The van der Waals surface area contributed by atoms with E-state index in [-0.39, 0.29) is 28.5 Å². The predicted molar refractivity (Wildman–Crippen MR) is 97.2 cm³/mol. The van der Waals surface area contributed by atoms with Gasteiger partial charge in [-0.05, 0) is 18.2 Å². The lowest BCUT2D eigenvalue weighted by Crippen LogP contribution is -2.28. The topological polar surface area (TPSA) is 89.9 Å². The third kappa shape index (κ3) is 3.69. The van der Waals surface area contributed by atoms with Gasteiger partial charge in [0.25, 0.3) is 17.4 Å². The summed E-state index contributed by atoms with van der Waals surface area (Å²) in [6.07, 6.45) is 1.42. The lowest BCUT2D eigenvalue weighted by molar-refractivity contribution is 0.0826. The number of anilines is 1. The summed E-state index contributed by atoms with van der Waals surface area (Å²) in [5, 5.41) is 2.55. The fourth-order valence-corrected chi connectivity index (χ4v) is 2.43. The molecule has 0 radical (unpaired) electrons. The minimum Gasteiger partial charge on any atom is -0.493 e. The number of methoxy groups -OCH3 is 2. The minimum absolute atomic E-state index is 0.00456. The molecular formula is C18H21N3O5. The van der Waals surface area contributed by atoms with Crippen LogP contribution in [0.4, 0.5) is 5.69 Å². The molecule has 0 bridgehead atoms. The van der Waals surface area contributed by atoms with Crippen molar-refractivity contribution in [3.05, 3.63) is 51.9 Å². The van der Waals surface area contributed by atoms with Gasteiger partial charge in [-0.2, -0.15) is 0 Å². The average molecular weight is 359 g/mol. The van der Waals surface area contributed by atoms with Gasteiger partial charge in [0.2, 0.25) is 0 Å². The van der Waals surface area contributed by atoms with Gasteiger partial charge >= 0.3 is 0 Å². The summed E-state index contributed by atoms with van der Waals surface area (Å²) in [5.41, 5.74) is 0.0499. The Morgan fingerprint density at radius 3 is 2.42 bits per heavy atom. The molecular weight excluding hydrogens is 338 g/mol. The van der Waals surface area contributed by atoms with Crippen LogP contribution in [-0.2, 0) is 7.05 Å². The lowest BCUT2D eigenvalue weighted by atomic mass is 10.1. The summed E-state index contributed by atoms with van der Waals surface area (Å²) >= 11 is 0. The van der Waals surface area contributed by atoms with E-state index >= 15 is 0 Å². The molecule has 2 aromatic rings. The van der Waals surface area contributed by atoms with E-state index in [0.717, 1.165) is 0 Å². The van der Waals surface area contributed by atoms with Crippen LogP contribution in [0.1, 0.15) is 20.7 Å². The molecule has 2 amide bonds. The van der Waals surface area contributed by atoms with Crippen molar-refractivity contribution in [1.29, 1.82) is 0 Å². The van der Waals surface area contributed by atoms with Crippen molar-refractivity contribution in [3.8, 4) is 11.5 Å². The van der Waals surface area contributed by atoms with E-state index in [1.165, 1.54) is 43.0 Å². The monoisotopic (exact) mass is 359 g/mol. The number of carbonyl (C=O) groups is 2. The number of amides is 2. The highest BCUT2D eigenvalue weighted by atomic mass is 16.5. The second-order valence-corrected chi connectivity index (χ2v) is 5.75. The number of pyridine rings is 1. The molecule has 1 aromatic heterocycles. The molecule has 8 heteroatoms. The van der Waals surface area contributed by atoms with Crippen LogP contribution in [0.2, 0.25) is 0 Å². The predicted octanol–water partition coefficient (Wildman–Crippen LogP) is 1.36. The zero-order chi connectivity index (χ0) is 19.4. The van der Waals surface area contributed by atoms with Crippen LogP contribution in [0, 0.1) is 0 Å². The van der Waals surface area contributed by atoms with Crippen LogP contribution < -0.4 is 20.3 Å². The number of aromatic nitrogens is 1. The van der Waals surface area contributed by atoms with Crippen LogP contribution in [0.25, 0.3) is 0 Å². The van der Waals surface area contributed by atoms with Gasteiger partial charge in [0.05, 0.1) is 25.3 Å². The van der Waals surface area contributed by atoms with Crippen molar-refractivity contribution in [2.75, 3.05) is 33.6 Å². The molecule has 1 heterocycles. The smallest absolute Gasteiger partial charge is 0.274 e. The second kappa shape index (κ2) is 7.73. The maximum Gasteiger partial charge on any atom is 0.274 e. The van der Waals surface area contributed by atoms with Gasteiger partial charge < -0.3 is 24.3 Å². The Labute approximate surface area is 150 Å². The van der Waals surface area contributed by atoms with E-state index in [0.29, 0.717) is 5.75 Å². The maximum absolute atomic E-state index is 12.7. The zero-order valence-corrected chi connectivity index (χ0v) is 15.3. The number of benzene rings is 1. The number of nitrogens with zero attached hydrogens (tertiary/aromatic N) is 2. The third-order valence-electron chi connectivity index (χ3n) is 3.73. The number of para-hydroxylation sites is 1. The SMILES string of the molecule is COc1cccc(C(=O)Nc2cc(C(=O)N(C)C)cn(C)c2=O)c1OC. The molecule has 0 saturated carbocycles. The number of carbonyl (C=O) groups excluding carboxylic acids is 2. The van der Waals surface area contributed by atoms with E-state index in [4.69, 9.17) is 9.47 Å². The molecule has 0 aliphatic heterocycles. The van der Waals surface area contributed by atoms with Crippen molar-refractivity contribution in [2.24, 2.45) is 7.05 Å². The lowest BCUT2D eigenvalue weighted by Gasteiger charge is -2.14. The van der Waals surface area contributed by atoms with E-state index in [1.807, 2.05) is 0 Å². The summed E-state index contributed by atoms with van der Waals surface area (Å²) in [4.78, 5) is 38.5. The summed E-state index contributed by atoms with van der Waals surface area (Å²) in [6, 6.07) is 6.20. The summed E-state index contributed by atoms with van der Waals surface area (Å²) in [5.74, 6) is -0.184. The number of nitrogens with one attached hydrogen (secondary N) is 1. The molecule has 2 rings (SSSR count). The Kier molecular flexibility index (Phi) is 5.66. The average Bonchev–Trinajstić information content (AvgIpc) is 2.63. The molecule has 0 unspecified atom stereocenters. The summed E-state index contributed by atoms with van der Waals surface area (Å²) in [6.45, 7) is 0. The Bertz CT molecular complexity index is 902. The molecule has 1 aromatic carbocycles. The third-order valence-corrected chi connectivity index (χ3v) is 3.73. The molecule has 26 heavy (non-hydrogen) atoms. The van der Waals surface area contributed by atoms with Crippen LogP contribution >= 0.6 is 0 Å². The van der Waals surface area contributed by atoms with Gasteiger partial charge in [0.1, 0.15) is 5.69 Å². The second-order valence-electron chi connectivity index (χ2n) is 5.75. The Morgan fingerprint density at radius 1 is 1.15 bits per heavy atom. The Morgan fingerprint density at radius 2 is 1.85 bits per heavy atom. The molecule has 0 atom stereocenters. The highest BCUT2D eigenvalue weighted by molar-refractivity contribution is 6.07. The largest absolute Gasteiger partial charge is 0.493 e. The van der Waals surface area contributed by atoms with Crippen molar-refractivity contribution in [1.82, 2.24) is 9.47 Å². The van der Waals surface area contributed by atoms with Crippen molar-refractivity contribution in [3.63, 3.8) is 0 Å². The molecule has 0 aliphatic rings. The van der Waals surface area contributed by atoms with E-state index in [2.05, 4.69) is 5.32 Å². The van der Waals surface area contributed by atoms with E-state index in [1.54, 1.807) is 32.3 Å². The minimum atomic E-state index is -0.549.